The van der Waals surface area contributed by atoms with Crippen molar-refractivity contribution < 1.29 is 4.52 Å². The van der Waals surface area contributed by atoms with E-state index in [0.717, 1.165) is 0 Å². The molecule has 3 aromatic rings. The number of rotatable bonds is 4. The Morgan fingerprint density at radius 3 is 3.00 bits per heavy atom. The zero-order valence-electron chi connectivity index (χ0n) is 9.30. The second kappa shape index (κ2) is 4.94. The van der Waals surface area contributed by atoms with Crippen LogP contribution in [0, 0.1) is 0 Å². The zero-order chi connectivity index (χ0) is 13.1. The van der Waals surface area contributed by atoms with Crippen LogP contribution in [-0.2, 0) is 6.54 Å². The van der Waals surface area contributed by atoms with E-state index < -0.39 is 0 Å². The Kier molecular flexibility index (Phi) is 2.98. The molecule has 0 unspecified atom stereocenters. The molecule has 3 heterocycles. The minimum atomic E-state index is 0.0381. The molecule has 0 saturated heterocycles. The van der Waals surface area contributed by atoms with Crippen LogP contribution >= 0.6 is 11.6 Å². The summed E-state index contributed by atoms with van der Waals surface area (Å²) in [5, 5.41) is 10.5. The van der Waals surface area contributed by atoms with E-state index in [1.807, 2.05) is 0 Å². The third-order valence-electron chi connectivity index (χ3n) is 2.03. The van der Waals surface area contributed by atoms with Crippen molar-refractivity contribution in [2.75, 3.05) is 5.32 Å². The second-order valence-electron chi connectivity index (χ2n) is 3.27. The van der Waals surface area contributed by atoms with E-state index >= 15 is 0 Å². The van der Waals surface area contributed by atoms with Gasteiger partial charge in [0.1, 0.15) is 12.7 Å². The van der Waals surface area contributed by atoms with Crippen molar-refractivity contribution in [2.45, 2.75) is 6.54 Å². The van der Waals surface area contributed by atoms with Crippen molar-refractivity contribution in [1.29, 1.82) is 0 Å². The SMILES string of the molecule is Clc1nc(NCc2ncon2)nc(-n2cncn2)n1. The predicted molar refractivity (Wildman–Crippen MR) is 61.4 cm³/mol. The highest BCUT2D eigenvalue weighted by molar-refractivity contribution is 6.28. The van der Waals surface area contributed by atoms with Gasteiger partial charge in [-0.05, 0) is 11.6 Å². The van der Waals surface area contributed by atoms with Gasteiger partial charge in [-0.1, -0.05) is 5.16 Å². The lowest BCUT2D eigenvalue weighted by Crippen LogP contribution is -2.10. The molecule has 10 nitrogen and oxygen atoms in total. The van der Waals surface area contributed by atoms with Crippen LogP contribution in [0.5, 0.6) is 0 Å². The Balaban J connectivity index is 1.82. The Morgan fingerprint density at radius 1 is 1.32 bits per heavy atom. The molecule has 96 valence electrons. The summed E-state index contributed by atoms with van der Waals surface area (Å²) in [6.07, 6.45) is 4.05. The Labute approximate surface area is 110 Å². The second-order valence-corrected chi connectivity index (χ2v) is 3.61. The average molecular weight is 280 g/mol. The normalized spacial score (nSPS) is 10.6. The maximum atomic E-state index is 5.81. The van der Waals surface area contributed by atoms with Crippen LogP contribution in [0.25, 0.3) is 5.95 Å². The highest BCUT2D eigenvalue weighted by Gasteiger charge is 2.08. The van der Waals surface area contributed by atoms with Gasteiger partial charge in [-0.3, -0.25) is 0 Å². The first-order valence-corrected chi connectivity index (χ1v) is 5.45. The summed E-state index contributed by atoms with van der Waals surface area (Å²) in [5.41, 5.74) is 0. The first kappa shape index (κ1) is 11.5. The molecular formula is C8H6ClN9O. The van der Waals surface area contributed by atoms with E-state index in [-0.39, 0.29) is 17.2 Å². The van der Waals surface area contributed by atoms with Gasteiger partial charge in [-0.15, -0.1) is 0 Å². The molecule has 3 aromatic heterocycles. The summed E-state index contributed by atoms with van der Waals surface area (Å²) >= 11 is 5.81. The van der Waals surface area contributed by atoms with E-state index in [1.54, 1.807) is 0 Å². The number of nitrogens with zero attached hydrogens (tertiary/aromatic N) is 8. The van der Waals surface area contributed by atoms with Crippen molar-refractivity contribution in [3.63, 3.8) is 0 Å². The number of hydrogen-bond donors (Lipinski definition) is 1. The summed E-state index contributed by atoms with van der Waals surface area (Å²) in [6, 6.07) is 0. The van der Waals surface area contributed by atoms with Crippen molar-refractivity contribution >= 4 is 17.5 Å². The molecule has 0 fully saturated rings. The Bertz CT molecular complexity index is 653. The molecule has 0 bridgehead atoms. The van der Waals surface area contributed by atoms with E-state index in [0.29, 0.717) is 12.4 Å². The summed E-state index contributed by atoms with van der Waals surface area (Å²) in [6.45, 7) is 0.299. The maximum absolute atomic E-state index is 5.81. The number of aromatic nitrogens is 8. The van der Waals surface area contributed by atoms with E-state index in [1.165, 1.54) is 23.7 Å². The third kappa shape index (κ3) is 2.63. The lowest BCUT2D eigenvalue weighted by atomic mass is 10.6. The molecule has 0 atom stereocenters. The molecule has 11 heteroatoms. The van der Waals surface area contributed by atoms with Crippen LogP contribution in [0.4, 0.5) is 5.95 Å². The molecule has 19 heavy (non-hydrogen) atoms. The first-order valence-electron chi connectivity index (χ1n) is 5.07. The minimum Gasteiger partial charge on any atom is -0.347 e. The Hall–Kier alpha value is -2.62. The van der Waals surface area contributed by atoms with Crippen LogP contribution in [0.15, 0.2) is 23.6 Å². The molecule has 0 aromatic carbocycles. The highest BCUT2D eigenvalue weighted by atomic mass is 35.5. The number of hydrogen-bond acceptors (Lipinski definition) is 9. The topological polar surface area (TPSA) is 120 Å². The Morgan fingerprint density at radius 2 is 2.26 bits per heavy atom. The molecule has 0 aliphatic heterocycles. The molecule has 0 amide bonds. The quantitative estimate of drug-likeness (QED) is 0.708. The lowest BCUT2D eigenvalue weighted by molar-refractivity contribution is 0.411. The summed E-state index contributed by atoms with van der Waals surface area (Å²) in [7, 11) is 0. The average Bonchev–Trinajstić information content (AvgIpc) is 3.09. The van der Waals surface area contributed by atoms with Gasteiger partial charge in [0.15, 0.2) is 5.82 Å². The van der Waals surface area contributed by atoms with Crippen LogP contribution in [0.3, 0.4) is 0 Å². The fourth-order valence-corrected chi connectivity index (χ4v) is 1.42. The smallest absolute Gasteiger partial charge is 0.258 e. The number of nitrogens with one attached hydrogen (secondary N) is 1. The molecule has 0 aliphatic carbocycles. The van der Waals surface area contributed by atoms with Gasteiger partial charge < -0.3 is 9.84 Å². The first-order chi connectivity index (χ1) is 9.31. The van der Waals surface area contributed by atoms with E-state index in [9.17, 15) is 0 Å². The number of halogens is 1. The van der Waals surface area contributed by atoms with Gasteiger partial charge in [-0.25, -0.2) is 4.98 Å². The van der Waals surface area contributed by atoms with E-state index in [2.05, 4.69) is 45.0 Å². The van der Waals surface area contributed by atoms with Gasteiger partial charge >= 0.3 is 0 Å². The van der Waals surface area contributed by atoms with Crippen LogP contribution < -0.4 is 5.32 Å². The van der Waals surface area contributed by atoms with Gasteiger partial charge in [-0.2, -0.15) is 29.7 Å². The standard InChI is InChI=1S/C8H6ClN9O/c9-6-14-7(11-1-5-12-4-19-17-5)16-8(15-6)18-3-10-2-13-18/h2-4H,1H2,(H,11,14,15,16). The van der Waals surface area contributed by atoms with Crippen molar-refractivity contribution in [3.8, 4) is 5.95 Å². The molecule has 0 saturated carbocycles. The molecule has 0 radical (unpaired) electrons. The van der Waals surface area contributed by atoms with Crippen molar-refractivity contribution in [1.82, 2.24) is 39.9 Å². The molecular weight excluding hydrogens is 274 g/mol. The van der Waals surface area contributed by atoms with Gasteiger partial charge in [0.2, 0.25) is 17.6 Å². The van der Waals surface area contributed by atoms with E-state index in [4.69, 9.17) is 11.6 Å². The minimum absolute atomic E-state index is 0.0381. The largest absolute Gasteiger partial charge is 0.347 e. The zero-order valence-corrected chi connectivity index (χ0v) is 10.1. The molecule has 3 rings (SSSR count). The summed E-state index contributed by atoms with van der Waals surface area (Å²) in [4.78, 5) is 19.6. The van der Waals surface area contributed by atoms with Crippen molar-refractivity contribution in [2.24, 2.45) is 0 Å². The summed E-state index contributed by atoms with van der Waals surface area (Å²) < 4.78 is 5.97. The monoisotopic (exact) mass is 279 g/mol. The maximum Gasteiger partial charge on any atom is 0.258 e. The lowest BCUT2D eigenvalue weighted by Gasteiger charge is -2.04. The van der Waals surface area contributed by atoms with Gasteiger partial charge in [0, 0.05) is 0 Å². The molecule has 1 N–H and O–H groups in total. The summed E-state index contributed by atoms with van der Waals surface area (Å²) in [5.74, 6) is 1.00. The van der Waals surface area contributed by atoms with Crippen molar-refractivity contribution in [3.05, 3.63) is 30.2 Å². The third-order valence-corrected chi connectivity index (χ3v) is 2.20. The fraction of sp³-hybridized carbons (Fsp3) is 0.125. The van der Waals surface area contributed by atoms with Crippen LogP contribution in [0.1, 0.15) is 5.82 Å². The van der Waals surface area contributed by atoms with Gasteiger partial charge in [0.25, 0.3) is 5.95 Å². The van der Waals surface area contributed by atoms with Crippen LogP contribution in [-0.4, -0.2) is 39.9 Å². The fourth-order valence-electron chi connectivity index (χ4n) is 1.26. The van der Waals surface area contributed by atoms with Gasteiger partial charge in [0.05, 0.1) is 6.54 Å². The molecule has 0 aliphatic rings. The van der Waals surface area contributed by atoms with Crippen LogP contribution in [0.2, 0.25) is 5.28 Å². The predicted octanol–water partition coefficient (Wildman–Crippen LogP) is 0.101. The molecule has 0 spiro atoms. The number of anilines is 1. The highest BCUT2D eigenvalue weighted by Crippen LogP contribution is 2.09.